The molecule has 0 fully saturated rings. The summed E-state index contributed by atoms with van der Waals surface area (Å²) in [6.45, 7) is 0.663. The zero-order valence-electron chi connectivity index (χ0n) is 13.7. The molecular formula is C19H21LiO3. The second-order valence-corrected chi connectivity index (χ2v) is 5.28. The van der Waals surface area contributed by atoms with Crippen molar-refractivity contribution in [1.29, 1.82) is 0 Å². The van der Waals surface area contributed by atoms with E-state index in [4.69, 9.17) is 4.74 Å². The van der Waals surface area contributed by atoms with Gasteiger partial charge in [-0.1, -0.05) is 55.3 Å². The Hall–Kier alpha value is -1.69. The summed E-state index contributed by atoms with van der Waals surface area (Å²) in [5.41, 5.74) is 2.37. The van der Waals surface area contributed by atoms with Crippen LogP contribution in [0.5, 0.6) is 5.75 Å². The maximum atomic E-state index is 10.3. The molecule has 23 heavy (non-hydrogen) atoms. The van der Waals surface area contributed by atoms with Crippen LogP contribution >= 0.6 is 0 Å². The quantitative estimate of drug-likeness (QED) is 0.499. The first-order chi connectivity index (χ1) is 10.8. The van der Waals surface area contributed by atoms with Crippen LogP contribution in [0.2, 0.25) is 0 Å². The molecule has 0 saturated carbocycles. The molecule has 0 aliphatic rings. The van der Waals surface area contributed by atoms with Gasteiger partial charge in [0.15, 0.2) is 0 Å². The van der Waals surface area contributed by atoms with Crippen LogP contribution in [0, 0.1) is 0 Å². The predicted octanol–water partition coefficient (Wildman–Crippen LogP) is 0.437. The maximum absolute atomic E-state index is 10.3. The van der Waals surface area contributed by atoms with Crippen LogP contribution in [-0.4, -0.2) is 12.6 Å². The zero-order valence-corrected chi connectivity index (χ0v) is 13.7. The van der Waals surface area contributed by atoms with Gasteiger partial charge in [0.1, 0.15) is 5.75 Å². The average Bonchev–Trinajstić information content (AvgIpc) is 2.55. The fraction of sp³-hybridized carbons (Fsp3) is 0.316. The normalized spacial score (nSPS) is 9.91. The Kier molecular flexibility index (Phi) is 9.20. The van der Waals surface area contributed by atoms with Crippen LogP contribution in [0.25, 0.3) is 11.1 Å². The molecule has 0 aromatic heterocycles. The maximum Gasteiger partial charge on any atom is 1.00 e. The first-order valence-corrected chi connectivity index (χ1v) is 7.74. The first kappa shape index (κ1) is 19.4. The average molecular weight is 304 g/mol. The molecular weight excluding hydrogens is 283 g/mol. The summed E-state index contributed by atoms with van der Waals surface area (Å²) in [6, 6.07) is 18.3. The van der Waals surface area contributed by atoms with E-state index in [1.54, 1.807) is 0 Å². The molecule has 4 heteroatoms. The van der Waals surface area contributed by atoms with Crippen molar-refractivity contribution < 1.29 is 33.5 Å². The topological polar surface area (TPSA) is 49.4 Å². The monoisotopic (exact) mass is 304 g/mol. The molecule has 0 aliphatic carbocycles. The summed E-state index contributed by atoms with van der Waals surface area (Å²) < 4.78 is 5.70. The van der Waals surface area contributed by atoms with Crippen molar-refractivity contribution in [2.75, 3.05) is 6.61 Å². The van der Waals surface area contributed by atoms with Gasteiger partial charge in [-0.2, -0.15) is 0 Å². The fourth-order valence-electron chi connectivity index (χ4n) is 2.29. The Morgan fingerprint density at radius 1 is 0.826 bits per heavy atom. The van der Waals surface area contributed by atoms with E-state index in [2.05, 4.69) is 24.3 Å². The minimum atomic E-state index is -0.963. The van der Waals surface area contributed by atoms with Crippen molar-refractivity contribution in [1.82, 2.24) is 0 Å². The van der Waals surface area contributed by atoms with E-state index in [0.29, 0.717) is 13.0 Å². The van der Waals surface area contributed by atoms with E-state index < -0.39 is 5.97 Å². The van der Waals surface area contributed by atoms with Gasteiger partial charge in [0, 0.05) is 5.97 Å². The number of aliphatic carboxylic acids is 1. The van der Waals surface area contributed by atoms with Gasteiger partial charge >= 0.3 is 18.9 Å². The molecule has 0 N–H and O–H groups in total. The molecule has 0 aliphatic heterocycles. The molecule has 2 rings (SSSR count). The third-order valence-corrected chi connectivity index (χ3v) is 3.51. The Bertz CT molecular complexity index is 567. The summed E-state index contributed by atoms with van der Waals surface area (Å²) in [4.78, 5) is 10.3. The van der Waals surface area contributed by atoms with Crippen molar-refractivity contribution in [3.05, 3.63) is 54.6 Å². The fourth-order valence-corrected chi connectivity index (χ4v) is 2.29. The SMILES string of the molecule is O=C([O-])CCCCCCOc1ccc(-c2ccccc2)cc1.[Li+]. The number of carboxylic acid groups (broad SMARTS) is 1. The molecule has 0 unspecified atom stereocenters. The summed E-state index contributed by atoms with van der Waals surface area (Å²) >= 11 is 0. The van der Waals surface area contributed by atoms with Crippen LogP contribution in [0.3, 0.4) is 0 Å². The van der Waals surface area contributed by atoms with E-state index in [0.717, 1.165) is 25.0 Å². The summed E-state index contributed by atoms with van der Waals surface area (Å²) in [7, 11) is 0. The number of rotatable bonds is 9. The second-order valence-electron chi connectivity index (χ2n) is 5.28. The molecule has 0 amide bonds. The molecule has 0 spiro atoms. The molecule has 0 saturated heterocycles. The number of unbranched alkanes of at least 4 members (excludes halogenated alkanes) is 3. The van der Waals surface area contributed by atoms with Crippen molar-refractivity contribution >= 4 is 5.97 Å². The Balaban J connectivity index is 0.00000264. The van der Waals surface area contributed by atoms with Crippen molar-refractivity contribution in [3.63, 3.8) is 0 Å². The third-order valence-electron chi connectivity index (χ3n) is 3.51. The molecule has 0 radical (unpaired) electrons. The molecule has 2 aromatic carbocycles. The van der Waals surface area contributed by atoms with E-state index in [1.807, 2.05) is 30.3 Å². The van der Waals surface area contributed by atoms with Crippen LogP contribution < -0.4 is 28.7 Å². The number of hydrogen-bond donors (Lipinski definition) is 0. The van der Waals surface area contributed by atoms with E-state index in [-0.39, 0.29) is 25.3 Å². The summed E-state index contributed by atoms with van der Waals surface area (Å²) in [5.74, 6) is -0.0934. The second kappa shape index (κ2) is 10.9. The van der Waals surface area contributed by atoms with Crippen LogP contribution in [0.1, 0.15) is 32.1 Å². The van der Waals surface area contributed by atoms with E-state index >= 15 is 0 Å². The Labute approximate surface area is 149 Å². The molecule has 0 atom stereocenters. The Morgan fingerprint density at radius 2 is 1.43 bits per heavy atom. The third kappa shape index (κ3) is 7.41. The van der Waals surface area contributed by atoms with E-state index in [1.165, 1.54) is 11.1 Å². The number of carbonyl (C=O) groups excluding carboxylic acids is 1. The molecule has 2 aromatic rings. The summed E-state index contributed by atoms with van der Waals surface area (Å²) in [6.07, 6.45) is 3.67. The van der Waals surface area contributed by atoms with Gasteiger partial charge in [-0.25, -0.2) is 0 Å². The number of carbonyl (C=O) groups is 1. The standard InChI is InChI=1S/C19H22O3.Li/c20-19(21)10-6-1-2-7-15-22-18-13-11-17(12-14-18)16-8-4-3-5-9-16;/h3-5,8-9,11-14H,1-2,6-7,10,15H2,(H,20,21);/q;+1/p-1. The summed E-state index contributed by atoms with van der Waals surface area (Å²) in [5, 5.41) is 10.3. The smallest absolute Gasteiger partial charge is 0.550 e. The van der Waals surface area contributed by atoms with Crippen LogP contribution in [0.4, 0.5) is 0 Å². The van der Waals surface area contributed by atoms with Gasteiger partial charge in [-0.15, -0.1) is 0 Å². The molecule has 116 valence electrons. The predicted molar refractivity (Wildman–Crippen MR) is 85.5 cm³/mol. The van der Waals surface area contributed by atoms with Crippen molar-refractivity contribution in [2.24, 2.45) is 0 Å². The molecule has 0 heterocycles. The van der Waals surface area contributed by atoms with Crippen molar-refractivity contribution in [3.8, 4) is 16.9 Å². The van der Waals surface area contributed by atoms with Crippen molar-refractivity contribution in [2.45, 2.75) is 32.1 Å². The van der Waals surface area contributed by atoms with Gasteiger partial charge in [0.2, 0.25) is 0 Å². The van der Waals surface area contributed by atoms with Gasteiger partial charge < -0.3 is 14.6 Å². The van der Waals surface area contributed by atoms with Crippen LogP contribution in [0.15, 0.2) is 54.6 Å². The first-order valence-electron chi connectivity index (χ1n) is 7.74. The van der Waals surface area contributed by atoms with E-state index in [9.17, 15) is 9.90 Å². The molecule has 0 bridgehead atoms. The van der Waals surface area contributed by atoms with Gasteiger partial charge in [-0.05, 0) is 42.5 Å². The Morgan fingerprint density at radius 3 is 2.09 bits per heavy atom. The zero-order chi connectivity index (χ0) is 15.6. The number of hydrogen-bond acceptors (Lipinski definition) is 3. The number of benzene rings is 2. The minimum Gasteiger partial charge on any atom is -0.550 e. The number of ether oxygens (including phenoxy) is 1. The number of carboxylic acids is 1. The van der Waals surface area contributed by atoms with Crippen LogP contribution in [-0.2, 0) is 4.79 Å². The van der Waals surface area contributed by atoms with Gasteiger partial charge in [-0.3, -0.25) is 0 Å². The van der Waals surface area contributed by atoms with Gasteiger partial charge in [0.25, 0.3) is 0 Å². The largest absolute Gasteiger partial charge is 1.00 e. The molecule has 3 nitrogen and oxygen atoms in total. The minimum absolute atomic E-state index is 0. The van der Waals surface area contributed by atoms with Gasteiger partial charge in [0.05, 0.1) is 6.61 Å².